The maximum Gasteiger partial charge on any atom is 0.0474 e. The van der Waals surface area contributed by atoms with E-state index in [0.29, 0.717) is 0 Å². The summed E-state index contributed by atoms with van der Waals surface area (Å²) in [5.74, 6) is 1.81. The van der Waals surface area contributed by atoms with Gasteiger partial charge in [-0.3, -0.25) is 0 Å². The highest BCUT2D eigenvalue weighted by atomic mass is 16.5. The summed E-state index contributed by atoms with van der Waals surface area (Å²) in [6, 6.07) is 0. The van der Waals surface area contributed by atoms with Crippen LogP contribution >= 0.6 is 0 Å². The minimum Gasteiger partial charge on any atom is -0.385 e. The number of rotatable bonds is 4. The van der Waals surface area contributed by atoms with Gasteiger partial charge < -0.3 is 15.0 Å². The van der Waals surface area contributed by atoms with Crippen LogP contribution in [0.3, 0.4) is 0 Å². The molecule has 0 aromatic carbocycles. The molecule has 2 fully saturated rings. The van der Waals surface area contributed by atoms with Crippen molar-refractivity contribution in [2.24, 2.45) is 11.8 Å². The molecule has 2 bridgehead atoms. The van der Waals surface area contributed by atoms with Gasteiger partial charge in [0.05, 0.1) is 0 Å². The highest BCUT2D eigenvalue weighted by molar-refractivity contribution is 4.85. The van der Waals surface area contributed by atoms with Crippen LogP contribution in [0, 0.1) is 11.8 Å². The van der Waals surface area contributed by atoms with Crippen molar-refractivity contribution < 1.29 is 4.74 Å². The summed E-state index contributed by atoms with van der Waals surface area (Å²) >= 11 is 0. The normalized spacial score (nSPS) is 33.2. The highest BCUT2D eigenvalue weighted by Crippen LogP contribution is 2.24. The minimum atomic E-state index is 0.907. The molecule has 2 atom stereocenters. The van der Waals surface area contributed by atoms with Crippen molar-refractivity contribution in [1.82, 2.24) is 10.2 Å². The van der Waals surface area contributed by atoms with Gasteiger partial charge in [-0.25, -0.2) is 0 Å². The summed E-state index contributed by atoms with van der Waals surface area (Å²) in [5, 5.41) is 3.52. The molecule has 2 rings (SSSR count). The van der Waals surface area contributed by atoms with E-state index in [1.807, 2.05) is 0 Å². The maximum absolute atomic E-state index is 5.09. The van der Waals surface area contributed by atoms with E-state index < -0.39 is 0 Å². The van der Waals surface area contributed by atoms with Crippen molar-refractivity contribution in [2.45, 2.75) is 12.8 Å². The minimum absolute atomic E-state index is 0.907. The predicted molar refractivity (Wildman–Crippen MR) is 57.4 cm³/mol. The largest absolute Gasteiger partial charge is 0.385 e. The van der Waals surface area contributed by atoms with Crippen LogP contribution in [0.25, 0.3) is 0 Å². The third-order valence-electron chi connectivity index (χ3n) is 3.39. The Hall–Kier alpha value is -0.120. The second kappa shape index (κ2) is 5.10. The van der Waals surface area contributed by atoms with E-state index >= 15 is 0 Å². The van der Waals surface area contributed by atoms with Gasteiger partial charge in [-0.15, -0.1) is 0 Å². The van der Waals surface area contributed by atoms with E-state index in [1.54, 1.807) is 7.11 Å². The Morgan fingerprint density at radius 2 is 2.00 bits per heavy atom. The Balaban J connectivity index is 1.72. The molecule has 0 radical (unpaired) electrons. The molecule has 2 saturated heterocycles. The molecule has 2 aliphatic rings. The fourth-order valence-corrected chi connectivity index (χ4v) is 2.83. The molecule has 0 spiro atoms. The molecule has 0 aromatic heterocycles. The van der Waals surface area contributed by atoms with E-state index in [4.69, 9.17) is 4.74 Å². The van der Waals surface area contributed by atoms with Gasteiger partial charge in [0, 0.05) is 33.4 Å². The molecule has 0 saturated carbocycles. The molecule has 0 aliphatic carbocycles. The van der Waals surface area contributed by atoms with Gasteiger partial charge in [-0.2, -0.15) is 0 Å². The lowest BCUT2D eigenvalue weighted by Gasteiger charge is -2.41. The SMILES string of the molecule is COCCCN1CC2CNCC(C2)C1. The Morgan fingerprint density at radius 1 is 1.29 bits per heavy atom. The Kier molecular flexibility index (Phi) is 3.79. The number of nitrogens with zero attached hydrogens (tertiary/aromatic N) is 1. The van der Waals surface area contributed by atoms with Crippen LogP contribution in [0.15, 0.2) is 0 Å². The summed E-state index contributed by atoms with van der Waals surface area (Å²) in [7, 11) is 1.79. The van der Waals surface area contributed by atoms with Gasteiger partial charge in [0.15, 0.2) is 0 Å². The predicted octanol–water partition coefficient (Wildman–Crippen LogP) is 0.564. The lowest BCUT2D eigenvalue weighted by molar-refractivity contribution is 0.0867. The van der Waals surface area contributed by atoms with Gasteiger partial charge in [-0.05, 0) is 37.8 Å². The monoisotopic (exact) mass is 198 g/mol. The number of likely N-dealkylation sites (tertiary alicyclic amines) is 1. The number of piperidine rings is 2. The zero-order chi connectivity index (χ0) is 9.80. The first-order chi connectivity index (χ1) is 6.88. The number of nitrogens with one attached hydrogen (secondary N) is 1. The van der Waals surface area contributed by atoms with E-state index in [-0.39, 0.29) is 0 Å². The van der Waals surface area contributed by atoms with Crippen molar-refractivity contribution in [2.75, 3.05) is 46.4 Å². The van der Waals surface area contributed by atoms with Gasteiger partial charge >= 0.3 is 0 Å². The van der Waals surface area contributed by atoms with Crippen molar-refractivity contribution in [1.29, 1.82) is 0 Å². The molecule has 2 unspecified atom stereocenters. The highest BCUT2D eigenvalue weighted by Gasteiger charge is 2.29. The summed E-state index contributed by atoms with van der Waals surface area (Å²) in [5.41, 5.74) is 0. The number of methoxy groups -OCH3 is 1. The Morgan fingerprint density at radius 3 is 2.64 bits per heavy atom. The van der Waals surface area contributed by atoms with Crippen LogP contribution in [0.4, 0.5) is 0 Å². The molecule has 0 amide bonds. The van der Waals surface area contributed by atoms with Gasteiger partial charge in [0.1, 0.15) is 0 Å². The van der Waals surface area contributed by atoms with Crippen LogP contribution in [-0.2, 0) is 4.74 Å². The molecule has 1 N–H and O–H groups in total. The van der Waals surface area contributed by atoms with Crippen molar-refractivity contribution in [3.63, 3.8) is 0 Å². The molecule has 3 nitrogen and oxygen atoms in total. The molecular formula is C11H22N2O. The summed E-state index contributed by atoms with van der Waals surface area (Å²) in [6.45, 7) is 7.19. The maximum atomic E-state index is 5.09. The first-order valence-electron chi connectivity index (χ1n) is 5.80. The second-order valence-corrected chi connectivity index (χ2v) is 4.73. The molecule has 82 valence electrons. The fraction of sp³-hybridized carbons (Fsp3) is 1.00. The summed E-state index contributed by atoms with van der Waals surface area (Å²) in [4.78, 5) is 2.62. The molecule has 2 heterocycles. The van der Waals surface area contributed by atoms with Crippen molar-refractivity contribution >= 4 is 0 Å². The van der Waals surface area contributed by atoms with E-state index in [0.717, 1.165) is 18.4 Å². The van der Waals surface area contributed by atoms with Crippen LogP contribution in [0.2, 0.25) is 0 Å². The summed E-state index contributed by atoms with van der Waals surface area (Å²) in [6.07, 6.45) is 2.64. The molecule has 0 aromatic rings. The van der Waals surface area contributed by atoms with E-state index in [2.05, 4.69) is 10.2 Å². The average Bonchev–Trinajstić information content (AvgIpc) is 2.18. The number of hydrogen-bond acceptors (Lipinski definition) is 3. The standard InChI is InChI=1S/C11H22N2O/c1-14-4-2-3-13-8-10-5-11(9-13)7-12-6-10/h10-12H,2-9H2,1H3. The van der Waals surface area contributed by atoms with Gasteiger partial charge in [-0.1, -0.05) is 0 Å². The first kappa shape index (κ1) is 10.4. The van der Waals surface area contributed by atoms with Crippen LogP contribution < -0.4 is 5.32 Å². The quantitative estimate of drug-likeness (QED) is 0.668. The second-order valence-electron chi connectivity index (χ2n) is 4.73. The molecule has 14 heavy (non-hydrogen) atoms. The Bertz CT molecular complexity index is 163. The zero-order valence-corrected chi connectivity index (χ0v) is 9.17. The molecule has 2 aliphatic heterocycles. The smallest absolute Gasteiger partial charge is 0.0474 e. The number of fused-ring (bicyclic) bond motifs is 2. The third-order valence-corrected chi connectivity index (χ3v) is 3.39. The Labute approximate surface area is 86.8 Å². The number of ether oxygens (including phenoxy) is 1. The van der Waals surface area contributed by atoms with Crippen LogP contribution in [0.1, 0.15) is 12.8 Å². The lowest BCUT2D eigenvalue weighted by Crippen LogP contribution is -2.51. The summed E-state index contributed by atoms with van der Waals surface area (Å²) < 4.78 is 5.09. The third kappa shape index (κ3) is 2.69. The fourth-order valence-electron chi connectivity index (χ4n) is 2.83. The van der Waals surface area contributed by atoms with Crippen LogP contribution in [0.5, 0.6) is 0 Å². The first-order valence-corrected chi connectivity index (χ1v) is 5.80. The van der Waals surface area contributed by atoms with Gasteiger partial charge in [0.25, 0.3) is 0 Å². The van der Waals surface area contributed by atoms with E-state index in [9.17, 15) is 0 Å². The average molecular weight is 198 g/mol. The van der Waals surface area contributed by atoms with Gasteiger partial charge in [0.2, 0.25) is 0 Å². The van der Waals surface area contributed by atoms with Crippen LogP contribution in [-0.4, -0.2) is 51.3 Å². The molecular weight excluding hydrogens is 176 g/mol. The molecule has 3 heteroatoms. The number of hydrogen-bond donors (Lipinski definition) is 1. The lowest BCUT2D eigenvalue weighted by atomic mass is 9.86. The topological polar surface area (TPSA) is 24.5 Å². The van der Waals surface area contributed by atoms with E-state index in [1.165, 1.54) is 45.6 Å². The van der Waals surface area contributed by atoms with Crippen molar-refractivity contribution in [3.8, 4) is 0 Å². The zero-order valence-electron chi connectivity index (χ0n) is 9.17. The van der Waals surface area contributed by atoms with Crippen molar-refractivity contribution in [3.05, 3.63) is 0 Å².